The summed E-state index contributed by atoms with van der Waals surface area (Å²) >= 11 is 2.65. The van der Waals surface area contributed by atoms with Crippen molar-refractivity contribution in [3.05, 3.63) is 40.2 Å². The van der Waals surface area contributed by atoms with Crippen LogP contribution < -0.4 is 4.90 Å². The Labute approximate surface area is 182 Å². The fourth-order valence-corrected chi connectivity index (χ4v) is 5.10. The molecule has 0 aromatic carbocycles. The van der Waals surface area contributed by atoms with E-state index in [1.165, 1.54) is 29.5 Å². The third-order valence-electron chi connectivity index (χ3n) is 4.91. The second-order valence-corrected chi connectivity index (χ2v) is 8.97. The van der Waals surface area contributed by atoms with Crippen molar-refractivity contribution in [3.63, 3.8) is 0 Å². The van der Waals surface area contributed by atoms with Gasteiger partial charge in [0.05, 0.1) is 24.6 Å². The minimum atomic E-state index is -0.848. The molecule has 0 radical (unpaired) electrons. The first-order valence-corrected chi connectivity index (χ1v) is 11.7. The number of thiazole rings is 1. The largest absolute Gasteiger partial charge is 0.467 e. The van der Waals surface area contributed by atoms with E-state index < -0.39 is 5.92 Å². The predicted molar refractivity (Wildman–Crippen MR) is 115 cm³/mol. The first kappa shape index (κ1) is 20.6. The number of nitrogens with zero attached hydrogens (tertiary/aromatic N) is 6. The van der Waals surface area contributed by atoms with Gasteiger partial charge in [0.1, 0.15) is 10.8 Å². The summed E-state index contributed by atoms with van der Waals surface area (Å²) < 4.78 is 7.52. The molecule has 0 spiro atoms. The maximum atomic E-state index is 12.7. The Bertz CT molecular complexity index is 1030. The Hall–Kier alpha value is -2.64. The summed E-state index contributed by atoms with van der Waals surface area (Å²) in [5.41, 5.74) is 0.820. The molecule has 3 aromatic heterocycles. The van der Waals surface area contributed by atoms with Crippen molar-refractivity contribution in [2.24, 2.45) is 0 Å². The molecule has 1 aliphatic rings. The highest BCUT2D eigenvalue weighted by molar-refractivity contribution is 7.99. The van der Waals surface area contributed by atoms with E-state index in [1.54, 1.807) is 6.26 Å². The topological polar surface area (TPSA) is 101 Å². The van der Waals surface area contributed by atoms with Crippen molar-refractivity contribution in [3.8, 4) is 6.07 Å². The van der Waals surface area contributed by atoms with Gasteiger partial charge in [-0.1, -0.05) is 11.8 Å². The summed E-state index contributed by atoms with van der Waals surface area (Å²) in [6, 6.07) is 5.86. The zero-order valence-electron chi connectivity index (χ0n) is 16.7. The molecule has 4 heterocycles. The van der Waals surface area contributed by atoms with Gasteiger partial charge in [-0.05, 0) is 38.3 Å². The minimum absolute atomic E-state index is 0.132. The molecule has 30 heavy (non-hydrogen) atoms. The van der Waals surface area contributed by atoms with E-state index in [0.717, 1.165) is 43.3 Å². The highest BCUT2D eigenvalue weighted by Gasteiger charge is 2.26. The van der Waals surface area contributed by atoms with Crippen LogP contribution in [0.15, 0.2) is 33.3 Å². The standard InChI is InChI=1S/C20H22N6O2S2/c1-14-12-29-18(22-14)16(10-21)17(27)13-30-20-24-23-19(25-7-3-2-4-8-25)26(20)11-15-6-5-9-28-15/h5-6,9,12,16H,2-4,7-8,11,13H2,1H3/t16-/m0/s1. The summed E-state index contributed by atoms with van der Waals surface area (Å²) in [6.45, 7) is 4.24. The van der Waals surface area contributed by atoms with Crippen LogP contribution in [-0.4, -0.2) is 44.4 Å². The molecule has 0 aliphatic carbocycles. The van der Waals surface area contributed by atoms with Crippen molar-refractivity contribution in [2.75, 3.05) is 23.7 Å². The van der Waals surface area contributed by atoms with Gasteiger partial charge in [-0.15, -0.1) is 21.5 Å². The Morgan fingerprint density at radius 3 is 2.87 bits per heavy atom. The van der Waals surface area contributed by atoms with E-state index in [1.807, 2.05) is 29.0 Å². The average molecular weight is 443 g/mol. The van der Waals surface area contributed by atoms with Crippen molar-refractivity contribution >= 4 is 34.8 Å². The van der Waals surface area contributed by atoms with E-state index >= 15 is 0 Å². The van der Waals surface area contributed by atoms with Crippen LogP contribution in [0.3, 0.4) is 0 Å². The Kier molecular flexibility index (Phi) is 6.50. The summed E-state index contributed by atoms with van der Waals surface area (Å²) in [6.07, 6.45) is 5.13. The van der Waals surface area contributed by atoms with E-state index in [0.29, 0.717) is 16.7 Å². The number of hydrogen-bond donors (Lipinski definition) is 0. The number of furan rings is 1. The molecule has 0 amide bonds. The van der Waals surface area contributed by atoms with Crippen LogP contribution in [-0.2, 0) is 11.3 Å². The fraction of sp³-hybridized carbons (Fsp3) is 0.450. The van der Waals surface area contributed by atoms with Crippen molar-refractivity contribution < 1.29 is 9.21 Å². The van der Waals surface area contributed by atoms with Gasteiger partial charge >= 0.3 is 0 Å². The second kappa shape index (κ2) is 9.45. The van der Waals surface area contributed by atoms with Gasteiger partial charge in [0.2, 0.25) is 5.95 Å². The van der Waals surface area contributed by atoms with E-state index in [-0.39, 0.29) is 11.5 Å². The Morgan fingerprint density at radius 1 is 1.37 bits per heavy atom. The number of anilines is 1. The summed E-state index contributed by atoms with van der Waals surface area (Å²) in [4.78, 5) is 19.3. The maximum absolute atomic E-state index is 12.7. The fourth-order valence-electron chi connectivity index (χ4n) is 3.40. The normalized spacial score (nSPS) is 15.1. The van der Waals surface area contributed by atoms with E-state index in [9.17, 15) is 10.1 Å². The predicted octanol–water partition coefficient (Wildman–Crippen LogP) is 3.64. The number of nitriles is 1. The molecule has 156 valence electrons. The summed E-state index contributed by atoms with van der Waals surface area (Å²) in [5, 5.41) is 21.3. The lowest BCUT2D eigenvalue weighted by molar-refractivity contribution is -0.116. The van der Waals surface area contributed by atoms with Gasteiger partial charge in [0.25, 0.3) is 0 Å². The van der Waals surface area contributed by atoms with Crippen LogP contribution in [0.4, 0.5) is 5.95 Å². The summed E-state index contributed by atoms with van der Waals surface area (Å²) in [7, 11) is 0. The molecule has 0 N–H and O–H groups in total. The number of aromatic nitrogens is 4. The SMILES string of the molecule is Cc1csc([C@@H](C#N)C(=O)CSc2nnc(N3CCCCC3)n2Cc2ccco2)n1. The molecule has 1 fully saturated rings. The summed E-state index contributed by atoms with van der Waals surface area (Å²) in [5.74, 6) is 0.707. The first-order valence-electron chi connectivity index (χ1n) is 9.83. The quantitative estimate of drug-likeness (QED) is 0.487. The zero-order chi connectivity index (χ0) is 20.9. The number of thioether (sulfide) groups is 1. The van der Waals surface area contributed by atoms with Gasteiger partial charge in [0, 0.05) is 24.2 Å². The van der Waals surface area contributed by atoms with Gasteiger partial charge in [-0.25, -0.2) is 4.98 Å². The van der Waals surface area contributed by atoms with Crippen LogP contribution in [0.5, 0.6) is 0 Å². The second-order valence-electron chi connectivity index (χ2n) is 7.14. The van der Waals surface area contributed by atoms with Gasteiger partial charge < -0.3 is 9.32 Å². The number of rotatable bonds is 8. The minimum Gasteiger partial charge on any atom is -0.467 e. The monoisotopic (exact) mass is 442 g/mol. The lowest BCUT2D eigenvalue weighted by atomic mass is 10.1. The Balaban J connectivity index is 1.52. The zero-order valence-corrected chi connectivity index (χ0v) is 18.3. The highest BCUT2D eigenvalue weighted by Crippen LogP contribution is 2.28. The van der Waals surface area contributed by atoms with Crippen LogP contribution in [0.2, 0.25) is 0 Å². The maximum Gasteiger partial charge on any atom is 0.228 e. The van der Waals surface area contributed by atoms with E-state index in [4.69, 9.17) is 4.42 Å². The third-order valence-corrected chi connectivity index (χ3v) is 6.93. The Morgan fingerprint density at radius 2 is 2.20 bits per heavy atom. The molecule has 10 heteroatoms. The molecular weight excluding hydrogens is 420 g/mol. The smallest absolute Gasteiger partial charge is 0.228 e. The number of hydrogen-bond acceptors (Lipinski definition) is 9. The first-order chi connectivity index (χ1) is 14.7. The molecule has 3 aromatic rings. The molecule has 8 nitrogen and oxygen atoms in total. The number of piperidine rings is 1. The molecule has 4 rings (SSSR count). The number of ketones is 1. The number of carbonyl (C=O) groups excluding carboxylic acids is 1. The van der Waals surface area contributed by atoms with Gasteiger partial charge in [-0.3, -0.25) is 9.36 Å². The lowest BCUT2D eigenvalue weighted by Crippen LogP contribution is -2.32. The van der Waals surface area contributed by atoms with Gasteiger partial charge in [-0.2, -0.15) is 5.26 Å². The van der Waals surface area contributed by atoms with Crippen molar-refractivity contribution in [1.29, 1.82) is 5.26 Å². The van der Waals surface area contributed by atoms with Crippen molar-refractivity contribution in [2.45, 2.75) is 43.8 Å². The lowest BCUT2D eigenvalue weighted by Gasteiger charge is -2.27. The number of Topliss-reactive ketones (excluding diaryl/α,β-unsaturated/α-hetero) is 1. The molecule has 1 aliphatic heterocycles. The molecule has 0 unspecified atom stereocenters. The van der Waals surface area contributed by atoms with Crippen LogP contribution in [0, 0.1) is 18.3 Å². The van der Waals surface area contributed by atoms with Crippen molar-refractivity contribution in [1.82, 2.24) is 19.7 Å². The highest BCUT2D eigenvalue weighted by atomic mass is 32.2. The molecule has 0 saturated carbocycles. The molecule has 0 bridgehead atoms. The third kappa shape index (κ3) is 4.57. The molecular formula is C20H22N6O2S2. The van der Waals surface area contributed by atoms with Crippen LogP contribution >= 0.6 is 23.1 Å². The van der Waals surface area contributed by atoms with Crippen LogP contribution in [0.25, 0.3) is 0 Å². The van der Waals surface area contributed by atoms with E-state index in [2.05, 4.69) is 26.2 Å². The molecule has 1 saturated heterocycles. The number of aryl methyl sites for hydroxylation is 1. The van der Waals surface area contributed by atoms with Gasteiger partial charge in [0.15, 0.2) is 16.9 Å². The number of carbonyl (C=O) groups is 1. The average Bonchev–Trinajstić information content (AvgIpc) is 3.50. The van der Waals surface area contributed by atoms with Crippen LogP contribution in [0.1, 0.15) is 41.6 Å². The molecule has 1 atom stereocenters.